The van der Waals surface area contributed by atoms with Gasteiger partial charge >= 0.3 is 0 Å². The lowest BCUT2D eigenvalue weighted by molar-refractivity contribution is 0.102. The molecule has 0 aromatic rings. The maximum absolute atomic E-state index is 5.98. The van der Waals surface area contributed by atoms with Gasteiger partial charge in [0.05, 0.1) is 6.10 Å². The van der Waals surface area contributed by atoms with Gasteiger partial charge in [0.15, 0.2) is 0 Å². The van der Waals surface area contributed by atoms with Crippen molar-refractivity contribution >= 4 is 11.8 Å². The highest BCUT2D eigenvalue weighted by molar-refractivity contribution is 7.99. The lowest BCUT2D eigenvalue weighted by atomic mass is 10.1. The monoisotopic (exact) mass is 217 g/mol. The molecule has 1 aliphatic heterocycles. The fraction of sp³-hybridized carbons (Fsp3) is 1.00. The van der Waals surface area contributed by atoms with Crippen LogP contribution in [0.2, 0.25) is 0 Å². The molecule has 1 aliphatic rings. The van der Waals surface area contributed by atoms with E-state index < -0.39 is 0 Å². The molecule has 0 bridgehead atoms. The number of hydrogen-bond donors (Lipinski definition) is 1. The molecule has 2 unspecified atom stereocenters. The molecule has 2 N–H and O–H groups in total. The zero-order valence-corrected chi connectivity index (χ0v) is 10.0. The first-order chi connectivity index (χ1) is 6.83. The largest absolute Gasteiger partial charge is 0.378 e. The first kappa shape index (κ1) is 12.3. The van der Waals surface area contributed by atoms with Crippen molar-refractivity contribution in [2.75, 3.05) is 18.1 Å². The predicted molar refractivity (Wildman–Crippen MR) is 63.8 cm³/mol. The number of rotatable bonds is 7. The summed E-state index contributed by atoms with van der Waals surface area (Å²) in [6, 6.07) is 0.390. The summed E-state index contributed by atoms with van der Waals surface area (Å²) >= 11 is 1.94. The van der Waals surface area contributed by atoms with Crippen LogP contribution in [0, 0.1) is 0 Å². The molecule has 2 nitrogen and oxygen atoms in total. The van der Waals surface area contributed by atoms with Gasteiger partial charge in [-0.05, 0) is 37.9 Å². The Bertz CT molecular complexity index is 137. The van der Waals surface area contributed by atoms with Gasteiger partial charge < -0.3 is 10.5 Å². The highest BCUT2D eigenvalue weighted by Crippen LogP contribution is 2.18. The van der Waals surface area contributed by atoms with Crippen LogP contribution in [0.5, 0.6) is 0 Å². The van der Waals surface area contributed by atoms with Crippen LogP contribution in [0.3, 0.4) is 0 Å². The van der Waals surface area contributed by atoms with E-state index in [4.69, 9.17) is 10.5 Å². The van der Waals surface area contributed by atoms with E-state index >= 15 is 0 Å². The van der Waals surface area contributed by atoms with Crippen molar-refractivity contribution in [1.82, 2.24) is 0 Å². The quantitative estimate of drug-likeness (QED) is 0.711. The Labute approximate surface area is 92.0 Å². The minimum atomic E-state index is 0.390. The van der Waals surface area contributed by atoms with E-state index in [1.165, 1.54) is 31.4 Å². The number of thioether (sulfide) groups is 1. The average Bonchev–Trinajstić information content (AvgIpc) is 2.67. The van der Waals surface area contributed by atoms with Crippen LogP contribution in [0.4, 0.5) is 0 Å². The third-order valence-corrected chi connectivity index (χ3v) is 3.73. The summed E-state index contributed by atoms with van der Waals surface area (Å²) in [5, 5.41) is 0. The van der Waals surface area contributed by atoms with Gasteiger partial charge in [-0.3, -0.25) is 0 Å². The molecule has 0 amide bonds. The number of nitrogens with two attached hydrogens (primary N) is 1. The van der Waals surface area contributed by atoms with Gasteiger partial charge in [-0.25, -0.2) is 0 Å². The van der Waals surface area contributed by atoms with Gasteiger partial charge in [-0.15, -0.1) is 0 Å². The summed E-state index contributed by atoms with van der Waals surface area (Å²) in [6.45, 7) is 3.16. The smallest absolute Gasteiger partial charge is 0.0576 e. The molecule has 0 radical (unpaired) electrons. The van der Waals surface area contributed by atoms with Gasteiger partial charge in [0, 0.05) is 18.4 Å². The fourth-order valence-corrected chi connectivity index (χ4v) is 2.54. The third kappa shape index (κ3) is 5.23. The zero-order valence-electron chi connectivity index (χ0n) is 9.21. The Morgan fingerprint density at radius 1 is 1.57 bits per heavy atom. The molecular formula is C11H23NOS. The maximum atomic E-state index is 5.98. The van der Waals surface area contributed by atoms with E-state index in [9.17, 15) is 0 Å². The average molecular weight is 217 g/mol. The molecule has 3 heteroatoms. The summed E-state index contributed by atoms with van der Waals surface area (Å²) < 4.78 is 5.57. The van der Waals surface area contributed by atoms with Crippen LogP contribution in [-0.2, 0) is 4.74 Å². The molecule has 1 heterocycles. The molecule has 0 aromatic heterocycles. The molecule has 14 heavy (non-hydrogen) atoms. The lowest BCUT2D eigenvalue weighted by Crippen LogP contribution is -2.23. The van der Waals surface area contributed by atoms with Crippen LogP contribution in [0.1, 0.15) is 39.0 Å². The Balaban J connectivity index is 1.91. The molecule has 84 valence electrons. The number of ether oxygens (including phenoxy) is 1. The van der Waals surface area contributed by atoms with Crippen molar-refractivity contribution in [3.8, 4) is 0 Å². The Kier molecular flexibility index (Phi) is 6.65. The summed E-state index contributed by atoms with van der Waals surface area (Å²) in [6.07, 6.45) is 6.66. The van der Waals surface area contributed by atoms with E-state index in [-0.39, 0.29) is 0 Å². The third-order valence-electron chi connectivity index (χ3n) is 2.66. The molecule has 0 saturated carbocycles. The summed E-state index contributed by atoms with van der Waals surface area (Å²) in [5.41, 5.74) is 5.98. The van der Waals surface area contributed by atoms with Crippen LogP contribution in [0.25, 0.3) is 0 Å². The Hall–Kier alpha value is 0.270. The van der Waals surface area contributed by atoms with E-state index in [0.29, 0.717) is 12.1 Å². The molecule has 1 rings (SSSR count). The minimum Gasteiger partial charge on any atom is -0.378 e. The predicted octanol–water partition coefficient (Wildman–Crippen LogP) is 2.42. The topological polar surface area (TPSA) is 35.2 Å². The van der Waals surface area contributed by atoms with Crippen LogP contribution in [0.15, 0.2) is 0 Å². The van der Waals surface area contributed by atoms with E-state index in [1.807, 2.05) is 11.8 Å². The Morgan fingerprint density at radius 2 is 2.43 bits per heavy atom. The Morgan fingerprint density at radius 3 is 3.07 bits per heavy atom. The van der Waals surface area contributed by atoms with Crippen molar-refractivity contribution < 1.29 is 4.74 Å². The van der Waals surface area contributed by atoms with Gasteiger partial charge in [-0.1, -0.05) is 6.92 Å². The van der Waals surface area contributed by atoms with Crippen molar-refractivity contribution in [3.05, 3.63) is 0 Å². The molecular weight excluding hydrogens is 194 g/mol. The minimum absolute atomic E-state index is 0.390. The molecule has 0 aromatic carbocycles. The van der Waals surface area contributed by atoms with Crippen LogP contribution >= 0.6 is 11.8 Å². The van der Waals surface area contributed by atoms with Crippen LogP contribution in [-0.4, -0.2) is 30.3 Å². The second-order valence-corrected chi connectivity index (χ2v) is 5.30. The molecule has 0 spiro atoms. The van der Waals surface area contributed by atoms with Gasteiger partial charge in [0.2, 0.25) is 0 Å². The fourth-order valence-electron chi connectivity index (χ4n) is 1.83. The maximum Gasteiger partial charge on any atom is 0.0576 e. The van der Waals surface area contributed by atoms with Crippen molar-refractivity contribution in [1.29, 1.82) is 0 Å². The van der Waals surface area contributed by atoms with Crippen molar-refractivity contribution in [2.45, 2.75) is 51.2 Å². The summed E-state index contributed by atoms with van der Waals surface area (Å²) in [7, 11) is 0. The molecule has 2 atom stereocenters. The normalized spacial score (nSPS) is 24.0. The SMILES string of the molecule is CCSCC(N)CCCC1CCCO1. The van der Waals surface area contributed by atoms with Crippen LogP contribution < -0.4 is 5.73 Å². The molecule has 1 saturated heterocycles. The van der Waals surface area contributed by atoms with E-state index in [0.717, 1.165) is 18.8 Å². The zero-order chi connectivity index (χ0) is 10.2. The van der Waals surface area contributed by atoms with Gasteiger partial charge in [0.25, 0.3) is 0 Å². The first-order valence-corrected chi connectivity index (χ1v) is 6.93. The lowest BCUT2D eigenvalue weighted by Gasteiger charge is -2.12. The molecule has 0 aliphatic carbocycles. The second-order valence-electron chi connectivity index (χ2n) is 3.99. The standard InChI is InChI=1S/C11H23NOS/c1-2-14-9-10(12)5-3-6-11-7-4-8-13-11/h10-11H,2-9,12H2,1H3. The van der Waals surface area contributed by atoms with Gasteiger partial charge in [-0.2, -0.15) is 11.8 Å². The van der Waals surface area contributed by atoms with Crippen molar-refractivity contribution in [3.63, 3.8) is 0 Å². The van der Waals surface area contributed by atoms with Crippen molar-refractivity contribution in [2.24, 2.45) is 5.73 Å². The highest BCUT2D eigenvalue weighted by atomic mass is 32.2. The second kappa shape index (κ2) is 7.55. The highest BCUT2D eigenvalue weighted by Gasteiger charge is 2.15. The van der Waals surface area contributed by atoms with E-state index in [2.05, 4.69) is 6.92 Å². The summed E-state index contributed by atoms with van der Waals surface area (Å²) in [5.74, 6) is 2.29. The summed E-state index contributed by atoms with van der Waals surface area (Å²) in [4.78, 5) is 0. The first-order valence-electron chi connectivity index (χ1n) is 5.78. The molecule has 1 fully saturated rings. The van der Waals surface area contributed by atoms with E-state index in [1.54, 1.807) is 0 Å². The number of hydrogen-bond acceptors (Lipinski definition) is 3. The van der Waals surface area contributed by atoms with Gasteiger partial charge in [0.1, 0.15) is 0 Å².